The minimum atomic E-state index is -0.0242. The van der Waals surface area contributed by atoms with Gasteiger partial charge in [-0.3, -0.25) is 9.69 Å². The normalized spacial score (nSPS) is 19.1. The lowest BCUT2D eigenvalue weighted by Crippen LogP contribution is -2.46. The number of halogens is 1. The lowest BCUT2D eigenvalue weighted by molar-refractivity contribution is -0.117. The molecule has 1 unspecified atom stereocenters. The molecule has 2 rings (SSSR count). The van der Waals surface area contributed by atoms with Crippen LogP contribution in [0.1, 0.15) is 18.4 Å². The molecule has 1 fully saturated rings. The van der Waals surface area contributed by atoms with Gasteiger partial charge in [0.1, 0.15) is 0 Å². The van der Waals surface area contributed by atoms with E-state index in [1.807, 2.05) is 32.2 Å². The second-order valence-electron chi connectivity index (χ2n) is 5.45. The molecule has 0 spiro atoms. The second-order valence-corrected chi connectivity index (χ2v) is 5.85. The summed E-state index contributed by atoms with van der Waals surface area (Å²) >= 11 is 6.12. The summed E-state index contributed by atoms with van der Waals surface area (Å²) in [6.45, 7) is 4.39. The Morgan fingerprint density at radius 1 is 1.55 bits per heavy atom. The lowest BCUT2D eigenvalue weighted by Gasteiger charge is -2.31. The number of nitrogens with one attached hydrogen (secondary N) is 2. The summed E-state index contributed by atoms with van der Waals surface area (Å²) in [6.07, 6.45) is 2.31. The fourth-order valence-corrected chi connectivity index (χ4v) is 2.76. The van der Waals surface area contributed by atoms with E-state index in [1.165, 1.54) is 6.42 Å². The smallest absolute Gasteiger partial charge is 0.238 e. The van der Waals surface area contributed by atoms with Crippen molar-refractivity contribution < 1.29 is 4.79 Å². The van der Waals surface area contributed by atoms with Crippen LogP contribution in [-0.2, 0) is 4.79 Å². The Bertz CT molecular complexity index is 472. The molecular weight excluding hydrogens is 274 g/mol. The van der Waals surface area contributed by atoms with Gasteiger partial charge in [-0.05, 0) is 51.1 Å². The van der Waals surface area contributed by atoms with E-state index in [1.54, 1.807) is 0 Å². The third kappa shape index (κ3) is 4.20. The molecule has 1 aliphatic rings. The molecular formula is C15H22ClN3O. The average molecular weight is 296 g/mol. The number of benzene rings is 1. The summed E-state index contributed by atoms with van der Waals surface area (Å²) in [5.74, 6) is -0.0242. The number of anilines is 1. The molecule has 1 atom stereocenters. The van der Waals surface area contributed by atoms with Crippen LogP contribution in [0, 0.1) is 6.92 Å². The van der Waals surface area contributed by atoms with E-state index >= 15 is 0 Å². The molecule has 110 valence electrons. The number of hydrogen-bond donors (Lipinski definition) is 2. The van der Waals surface area contributed by atoms with Crippen LogP contribution >= 0.6 is 11.6 Å². The fourth-order valence-electron chi connectivity index (χ4n) is 2.48. The summed E-state index contributed by atoms with van der Waals surface area (Å²) in [4.78, 5) is 14.2. The average Bonchev–Trinajstić information content (AvgIpc) is 2.43. The van der Waals surface area contributed by atoms with E-state index in [0.717, 1.165) is 25.1 Å². The number of amides is 1. The molecule has 5 heteroatoms. The summed E-state index contributed by atoms with van der Waals surface area (Å²) in [6, 6.07) is 6.07. The van der Waals surface area contributed by atoms with Gasteiger partial charge in [-0.2, -0.15) is 0 Å². The molecule has 1 heterocycles. The maximum Gasteiger partial charge on any atom is 0.238 e. The first-order valence-electron chi connectivity index (χ1n) is 7.03. The van der Waals surface area contributed by atoms with Crippen LogP contribution in [0.25, 0.3) is 0 Å². The molecule has 0 aliphatic carbocycles. The highest BCUT2D eigenvalue weighted by molar-refractivity contribution is 6.33. The molecule has 0 bridgehead atoms. The molecule has 4 nitrogen and oxygen atoms in total. The van der Waals surface area contributed by atoms with E-state index in [9.17, 15) is 4.79 Å². The topological polar surface area (TPSA) is 44.4 Å². The van der Waals surface area contributed by atoms with Gasteiger partial charge in [0.05, 0.1) is 17.3 Å². The van der Waals surface area contributed by atoms with E-state index in [4.69, 9.17) is 11.6 Å². The highest BCUT2D eigenvalue weighted by Crippen LogP contribution is 2.22. The molecule has 2 N–H and O–H groups in total. The van der Waals surface area contributed by atoms with Crippen molar-refractivity contribution in [3.8, 4) is 0 Å². The number of rotatable bonds is 4. The number of hydrogen-bond acceptors (Lipinski definition) is 3. The molecule has 1 aliphatic heterocycles. The molecule has 0 aromatic heterocycles. The van der Waals surface area contributed by atoms with Gasteiger partial charge in [0.2, 0.25) is 5.91 Å². The van der Waals surface area contributed by atoms with E-state index in [2.05, 4.69) is 15.5 Å². The number of piperidine rings is 1. The highest BCUT2D eigenvalue weighted by atomic mass is 35.5. The van der Waals surface area contributed by atoms with Crippen LogP contribution < -0.4 is 10.6 Å². The maximum atomic E-state index is 12.1. The third-order valence-corrected chi connectivity index (χ3v) is 4.00. The quantitative estimate of drug-likeness (QED) is 0.896. The molecule has 20 heavy (non-hydrogen) atoms. The van der Waals surface area contributed by atoms with Crippen LogP contribution in [0.5, 0.6) is 0 Å². The predicted octanol–water partition coefficient (Wildman–Crippen LogP) is 2.27. The van der Waals surface area contributed by atoms with Gasteiger partial charge >= 0.3 is 0 Å². The van der Waals surface area contributed by atoms with Crippen molar-refractivity contribution in [3.63, 3.8) is 0 Å². The Labute approximate surface area is 125 Å². The molecule has 1 aromatic rings. The predicted molar refractivity (Wildman–Crippen MR) is 83.3 cm³/mol. The van der Waals surface area contributed by atoms with Crippen LogP contribution in [-0.4, -0.2) is 43.5 Å². The second kappa shape index (κ2) is 7.07. The lowest BCUT2D eigenvalue weighted by atomic mass is 10.1. The van der Waals surface area contributed by atoms with Crippen LogP contribution in [0.3, 0.4) is 0 Å². The summed E-state index contributed by atoms with van der Waals surface area (Å²) in [5.41, 5.74) is 1.76. The van der Waals surface area contributed by atoms with Gasteiger partial charge in [-0.1, -0.05) is 17.7 Å². The van der Waals surface area contributed by atoms with Crippen molar-refractivity contribution in [2.24, 2.45) is 0 Å². The summed E-state index contributed by atoms with van der Waals surface area (Å²) in [7, 11) is 1.99. The monoisotopic (exact) mass is 295 g/mol. The standard InChI is InChI=1S/C15H22ClN3O/c1-11-5-6-14(13(16)8-11)18-15(20)10-19(2)12-4-3-7-17-9-12/h5-6,8,12,17H,3-4,7,9-10H2,1-2H3,(H,18,20). The Balaban J connectivity index is 1.88. The number of aryl methyl sites for hydroxylation is 1. The first-order valence-corrected chi connectivity index (χ1v) is 7.41. The largest absolute Gasteiger partial charge is 0.324 e. The SMILES string of the molecule is Cc1ccc(NC(=O)CN(C)C2CCCNC2)c(Cl)c1. The first kappa shape index (κ1) is 15.3. The van der Waals surface area contributed by atoms with Crippen LogP contribution in [0.4, 0.5) is 5.69 Å². The summed E-state index contributed by atoms with van der Waals surface area (Å²) in [5, 5.41) is 6.82. The zero-order chi connectivity index (χ0) is 14.5. The minimum Gasteiger partial charge on any atom is -0.324 e. The number of likely N-dealkylation sites (N-methyl/N-ethyl adjacent to an activating group) is 1. The van der Waals surface area contributed by atoms with Crippen molar-refractivity contribution >= 4 is 23.2 Å². The zero-order valence-electron chi connectivity index (χ0n) is 12.1. The number of carbonyl (C=O) groups excluding carboxylic acids is 1. The van der Waals surface area contributed by atoms with Gasteiger partial charge < -0.3 is 10.6 Å². The van der Waals surface area contributed by atoms with E-state index in [-0.39, 0.29) is 5.91 Å². The van der Waals surface area contributed by atoms with Gasteiger partial charge in [0.25, 0.3) is 0 Å². The van der Waals surface area contributed by atoms with Crippen molar-refractivity contribution in [3.05, 3.63) is 28.8 Å². The van der Waals surface area contributed by atoms with Gasteiger partial charge in [-0.15, -0.1) is 0 Å². The van der Waals surface area contributed by atoms with Gasteiger partial charge in [0.15, 0.2) is 0 Å². The Morgan fingerprint density at radius 2 is 2.35 bits per heavy atom. The van der Waals surface area contributed by atoms with Crippen molar-refractivity contribution in [1.82, 2.24) is 10.2 Å². The van der Waals surface area contributed by atoms with Crippen LogP contribution in [0.2, 0.25) is 5.02 Å². The summed E-state index contributed by atoms with van der Waals surface area (Å²) < 4.78 is 0. The first-order chi connectivity index (χ1) is 9.56. The number of nitrogens with zero attached hydrogens (tertiary/aromatic N) is 1. The molecule has 1 saturated heterocycles. The highest BCUT2D eigenvalue weighted by Gasteiger charge is 2.19. The van der Waals surface area contributed by atoms with Crippen molar-refractivity contribution in [2.45, 2.75) is 25.8 Å². The van der Waals surface area contributed by atoms with E-state index < -0.39 is 0 Å². The molecule has 0 saturated carbocycles. The van der Waals surface area contributed by atoms with Crippen molar-refractivity contribution in [2.75, 3.05) is 32.0 Å². The van der Waals surface area contributed by atoms with Crippen LogP contribution in [0.15, 0.2) is 18.2 Å². The fraction of sp³-hybridized carbons (Fsp3) is 0.533. The van der Waals surface area contributed by atoms with Crippen molar-refractivity contribution in [1.29, 1.82) is 0 Å². The molecule has 1 amide bonds. The van der Waals surface area contributed by atoms with Gasteiger partial charge in [-0.25, -0.2) is 0 Å². The zero-order valence-corrected chi connectivity index (χ0v) is 12.8. The Morgan fingerprint density at radius 3 is 3.00 bits per heavy atom. The molecule has 1 aromatic carbocycles. The van der Waals surface area contributed by atoms with E-state index in [0.29, 0.717) is 23.3 Å². The Hall–Kier alpha value is -1.10. The molecule has 0 radical (unpaired) electrons. The number of carbonyl (C=O) groups is 1. The third-order valence-electron chi connectivity index (χ3n) is 3.69. The van der Waals surface area contributed by atoms with Gasteiger partial charge in [0, 0.05) is 12.6 Å². The Kier molecular flexibility index (Phi) is 5.40. The maximum absolute atomic E-state index is 12.1. The minimum absolute atomic E-state index is 0.0242.